The van der Waals surface area contributed by atoms with Crippen LogP contribution in [0.5, 0.6) is 0 Å². The summed E-state index contributed by atoms with van der Waals surface area (Å²) in [6.45, 7) is 14.2. The second-order valence-electron chi connectivity index (χ2n) is 4.32. The molecule has 0 bridgehead atoms. The SMILES string of the molecule is C=C/C(=C\C=C/C)P(/C=C/C=C\C=C/C)C(=C)/C=C\C=C/C. The standard InChI is InChI=1S/C21H27P/c1-6-10-13-14-16-19-22(20(5)17-15-11-7-2)21(9-4)18-12-8-3/h6-19H,4-5H2,1-3H3/b10-6-,11-7-,12-8-,14-13-,17-15-,19-16+,21-18+. The fourth-order valence-corrected chi connectivity index (χ4v) is 3.18. The third-order valence-electron chi connectivity index (χ3n) is 2.61. The van der Waals surface area contributed by atoms with Crippen molar-refractivity contribution in [3.8, 4) is 0 Å². The first-order valence-electron chi connectivity index (χ1n) is 7.40. The van der Waals surface area contributed by atoms with Gasteiger partial charge in [-0.15, -0.1) is 0 Å². The molecule has 0 nitrogen and oxygen atoms in total. The van der Waals surface area contributed by atoms with Crippen molar-refractivity contribution in [2.75, 3.05) is 0 Å². The molecule has 0 aromatic rings. The van der Waals surface area contributed by atoms with Crippen LogP contribution in [-0.4, -0.2) is 0 Å². The van der Waals surface area contributed by atoms with Gasteiger partial charge in [0.05, 0.1) is 0 Å². The van der Waals surface area contributed by atoms with Crippen LogP contribution < -0.4 is 0 Å². The number of allylic oxidation sites excluding steroid dienone is 15. The summed E-state index contributed by atoms with van der Waals surface area (Å²) < 4.78 is 0. The molecule has 22 heavy (non-hydrogen) atoms. The van der Waals surface area contributed by atoms with Gasteiger partial charge in [0, 0.05) is 0 Å². The van der Waals surface area contributed by atoms with Crippen LogP contribution in [0, 0.1) is 0 Å². The fraction of sp³-hybridized carbons (Fsp3) is 0.143. The average Bonchev–Trinajstić information content (AvgIpc) is 2.53. The molecule has 0 aliphatic carbocycles. The van der Waals surface area contributed by atoms with E-state index >= 15 is 0 Å². The van der Waals surface area contributed by atoms with E-state index < -0.39 is 7.92 Å². The molecule has 0 spiro atoms. The minimum Gasteiger partial charge on any atom is -0.0984 e. The number of hydrogen-bond donors (Lipinski definition) is 0. The summed E-state index contributed by atoms with van der Waals surface area (Å²) in [6.07, 6.45) is 26.3. The Morgan fingerprint density at radius 3 is 1.95 bits per heavy atom. The molecule has 1 heteroatoms. The van der Waals surface area contributed by atoms with E-state index in [1.807, 2.05) is 81.5 Å². The second-order valence-corrected chi connectivity index (χ2v) is 6.45. The van der Waals surface area contributed by atoms with E-state index in [9.17, 15) is 0 Å². The largest absolute Gasteiger partial charge is 0.0984 e. The predicted octanol–water partition coefficient (Wildman–Crippen LogP) is 7.41. The van der Waals surface area contributed by atoms with Crippen LogP contribution in [-0.2, 0) is 0 Å². The maximum Gasteiger partial charge on any atom is -0.0163 e. The Labute approximate surface area is 137 Å². The molecule has 0 aliphatic heterocycles. The van der Waals surface area contributed by atoms with Gasteiger partial charge in [0.2, 0.25) is 0 Å². The summed E-state index contributed by atoms with van der Waals surface area (Å²) in [5, 5.41) is 2.29. The van der Waals surface area contributed by atoms with Gasteiger partial charge in [-0.1, -0.05) is 98.0 Å². The molecular weight excluding hydrogens is 283 g/mol. The summed E-state index contributed by atoms with van der Waals surface area (Å²) in [4.78, 5) is 0. The van der Waals surface area contributed by atoms with E-state index in [4.69, 9.17) is 0 Å². The first-order chi connectivity index (χ1) is 10.7. The van der Waals surface area contributed by atoms with Gasteiger partial charge < -0.3 is 0 Å². The lowest BCUT2D eigenvalue weighted by atomic mass is 10.4. The summed E-state index contributed by atoms with van der Waals surface area (Å²) in [6, 6.07) is 0. The zero-order valence-electron chi connectivity index (χ0n) is 13.9. The van der Waals surface area contributed by atoms with Crippen molar-refractivity contribution in [3.05, 3.63) is 109 Å². The highest BCUT2D eigenvalue weighted by Gasteiger charge is 2.09. The minimum absolute atomic E-state index is 0.614. The van der Waals surface area contributed by atoms with Crippen molar-refractivity contribution < 1.29 is 0 Å². The van der Waals surface area contributed by atoms with Gasteiger partial charge in [0.25, 0.3) is 0 Å². The highest BCUT2D eigenvalue weighted by molar-refractivity contribution is 7.69. The van der Waals surface area contributed by atoms with Crippen LogP contribution >= 0.6 is 7.92 Å². The van der Waals surface area contributed by atoms with E-state index in [2.05, 4.69) is 37.2 Å². The predicted molar refractivity (Wildman–Crippen MR) is 106 cm³/mol. The Bertz CT molecular complexity index is 534. The van der Waals surface area contributed by atoms with E-state index in [0.717, 1.165) is 5.31 Å². The van der Waals surface area contributed by atoms with Crippen LogP contribution in [0.15, 0.2) is 109 Å². The molecule has 0 N–H and O–H groups in total. The fourth-order valence-electron chi connectivity index (χ4n) is 1.52. The Hall–Kier alpha value is -1.91. The smallest absolute Gasteiger partial charge is 0.0163 e. The second kappa shape index (κ2) is 14.0. The van der Waals surface area contributed by atoms with Crippen molar-refractivity contribution in [2.24, 2.45) is 0 Å². The molecule has 0 radical (unpaired) electrons. The molecule has 116 valence electrons. The molecule has 0 aliphatic rings. The van der Waals surface area contributed by atoms with Crippen LogP contribution in [0.4, 0.5) is 0 Å². The summed E-state index contributed by atoms with van der Waals surface area (Å²) in [5.74, 6) is 2.20. The zero-order valence-corrected chi connectivity index (χ0v) is 14.8. The molecule has 0 fully saturated rings. The summed E-state index contributed by atoms with van der Waals surface area (Å²) >= 11 is 0. The molecule has 1 atom stereocenters. The van der Waals surface area contributed by atoms with Gasteiger partial charge in [-0.25, -0.2) is 0 Å². The molecular formula is C21H27P. The third-order valence-corrected chi connectivity index (χ3v) is 4.74. The minimum atomic E-state index is -0.614. The highest BCUT2D eigenvalue weighted by atomic mass is 31.1. The van der Waals surface area contributed by atoms with Crippen LogP contribution in [0.25, 0.3) is 0 Å². The lowest BCUT2D eigenvalue weighted by molar-refractivity contribution is 1.71. The summed E-state index contributed by atoms with van der Waals surface area (Å²) in [5.41, 5.74) is 0. The Morgan fingerprint density at radius 2 is 1.36 bits per heavy atom. The van der Waals surface area contributed by atoms with Crippen molar-refractivity contribution in [1.82, 2.24) is 0 Å². The Morgan fingerprint density at radius 1 is 0.773 bits per heavy atom. The average molecular weight is 310 g/mol. The first kappa shape index (κ1) is 20.1. The molecule has 1 unspecified atom stereocenters. The zero-order chi connectivity index (χ0) is 16.6. The summed E-state index contributed by atoms with van der Waals surface area (Å²) in [7, 11) is -0.614. The Balaban J connectivity index is 5.37. The number of hydrogen-bond acceptors (Lipinski definition) is 0. The van der Waals surface area contributed by atoms with Gasteiger partial charge in [-0.2, -0.15) is 0 Å². The molecule has 0 rings (SSSR count). The maximum atomic E-state index is 4.22. The quantitative estimate of drug-likeness (QED) is 0.307. The third kappa shape index (κ3) is 9.10. The molecule has 0 saturated carbocycles. The van der Waals surface area contributed by atoms with Crippen LogP contribution in [0.1, 0.15) is 20.8 Å². The lowest BCUT2D eigenvalue weighted by Crippen LogP contribution is -1.78. The van der Waals surface area contributed by atoms with Crippen molar-refractivity contribution in [1.29, 1.82) is 0 Å². The first-order valence-corrected chi connectivity index (χ1v) is 8.81. The molecule has 0 aromatic carbocycles. The van der Waals surface area contributed by atoms with E-state index in [1.165, 1.54) is 5.31 Å². The topological polar surface area (TPSA) is 0 Å². The molecule has 0 saturated heterocycles. The highest BCUT2D eigenvalue weighted by Crippen LogP contribution is 2.54. The lowest BCUT2D eigenvalue weighted by Gasteiger charge is -2.14. The van der Waals surface area contributed by atoms with Crippen LogP contribution in [0.2, 0.25) is 0 Å². The van der Waals surface area contributed by atoms with Crippen LogP contribution in [0.3, 0.4) is 0 Å². The maximum absolute atomic E-state index is 4.22. The van der Waals surface area contributed by atoms with Gasteiger partial charge in [-0.3, -0.25) is 0 Å². The van der Waals surface area contributed by atoms with Gasteiger partial charge in [0.15, 0.2) is 0 Å². The van der Waals surface area contributed by atoms with Gasteiger partial charge >= 0.3 is 0 Å². The van der Waals surface area contributed by atoms with Gasteiger partial charge in [0.1, 0.15) is 0 Å². The van der Waals surface area contributed by atoms with E-state index in [-0.39, 0.29) is 0 Å². The van der Waals surface area contributed by atoms with Gasteiger partial charge in [-0.05, 0) is 39.3 Å². The van der Waals surface area contributed by atoms with E-state index in [0.29, 0.717) is 0 Å². The molecule has 0 aromatic heterocycles. The van der Waals surface area contributed by atoms with E-state index in [1.54, 1.807) is 0 Å². The van der Waals surface area contributed by atoms with Crippen molar-refractivity contribution in [2.45, 2.75) is 20.8 Å². The van der Waals surface area contributed by atoms with Crippen molar-refractivity contribution in [3.63, 3.8) is 0 Å². The number of rotatable bonds is 9. The normalized spacial score (nSPS) is 15.3. The monoisotopic (exact) mass is 310 g/mol. The Kier molecular flexibility index (Phi) is 12.8. The molecule has 0 amide bonds. The molecule has 0 heterocycles. The van der Waals surface area contributed by atoms with Crippen molar-refractivity contribution >= 4 is 7.92 Å².